The number of hydrogen-bond donors (Lipinski definition) is 2. The lowest BCUT2D eigenvalue weighted by Gasteiger charge is -2.32. The van der Waals surface area contributed by atoms with Crippen molar-refractivity contribution in [2.45, 2.75) is 6.04 Å². The fourth-order valence-corrected chi connectivity index (χ4v) is 3.53. The number of methoxy groups -OCH3 is 1. The second-order valence-electron chi connectivity index (χ2n) is 6.43. The summed E-state index contributed by atoms with van der Waals surface area (Å²) in [7, 11) is 1.63. The molecule has 1 aliphatic rings. The summed E-state index contributed by atoms with van der Waals surface area (Å²) >= 11 is 6.00. The van der Waals surface area contributed by atoms with Crippen LogP contribution in [0.25, 0.3) is 0 Å². The molecule has 1 atom stereocenters. The second kappa shape index (κ2) is 9.17. The van der Waals surface area contributed by atoms with Gasteiger partial charge in [0.25, 0.3) is 5.91 Å². The molecule has 7 heteroatoms. The first-order chi connectivity index (χ1) is 13.1. The number of halogens is 2. The van der Waals surface area contributed by atoms with Crippen molar-refractivity contribution >= 4 is 17.5 Å². The van der Waals surface area contributed by atoms with Gasteiger partial charge in [0.2, 0.25) is 0 Å². The molecule has 2 aromatic rings. The van der Waals surface area contributed by atoms with Gasteiger partial charge < -0.3 is 19.7 Å². The van der Waals surface area contributed by atoms with Crippen LogP contribution < -0.4 is 15.0 Å². The van der Waals surface area contributed by atoms with Crippen LogP contribution in [0.4, 0.5) is 4.39 Å². The summed E-state index contributed by atoms with van der Waals surface area (Å²) in [5.74, 6) is 0.00759. The number of quaternary nitrogens is 1. The molecule has 0 aliphatic carbocycles. The number of carbonyl (C=O) groups excluding carboxylic acids is 1. The molecule has 1 amide bonds. The maximum atomic E-state index is 13.2. The zero-order valence-corrected chi connectivity index (χ0v) is 15.9. The Kier molecular flexibility index (Phi) is 6.66. The van der Waals surface area contributed by atoms with Gasteiger partial charge in [-0.05, 0) is 42.5 Å². The van der Waals surface area contributed by atoms with Crippen molar-refractivity contribution in [1.29, 1.82) is 0 Å². The van der Waals surface area contributed by atoms with Crippen LogP contribution in [0.5, 0.6) is 5.75 Å². The van der Waals surface area contributed by atoms with Crippen molar-refractivity contribution in [1.82, 2.24) is 5.32 Å². The lowest BCUT2D eigenvalue weighted by atomic mass is 10.0. The fraction of sp³-hybridized carbons (Fsp3) is 0.350. The van der Waals surface area contributed by atoms with Gasteiger partial charge in [-0.3, -0.25) is 4.79 Å². The number of morpholine rings is 1. The Balaban J connectivity index is 1.75. The third-order valence-corrected chi connectivity index (χ3v) is 5.10. The van der Waals surface area contributed by atoms with Gasteiger partial charge in [0.05, 0.1) is 37.5 Å². The molecular weight excluding hydrogens is 371 g/mol. The molecule has 0 unspecified atom stereocenters. The number of carbonyl (C=O) groups is 1. The van der Waals surface area contributed by atoms with Crippen LogP contribution in [0.1, 0.15) is 22.0 Å². The molecule has 144 valence electrons. The zero-order chi connectivity index (χ0) is 19.2. The molecule has 2 aromatic carbocycles. The first-order valence-corrected chi connectivity index (χ1v) is 9.26. The van der Waals surface area contributed by atoms with Crippen LogP contribution in [0.2, 0.25) is 5.02 Å². The maximum absolute atomic E-state index is 13.2. The summed E-state index contributed by atoms with van der Waals surface area (Å²) < 4.78 is 23.9. The third kappa shape index (κ3) is 4.97. The van der Waals surface area contributed by atoms with Crippen molar-refractivity contribution in [3.8, 4) is 5.75 Å². The third-order valence-electron chi connectivity index (χ3n) is 4.79. The van der Waals surface area contributed by atoms with Crippen molar-refractivity contribution in [2.24, 2.45) is 0 Å². The van der Waals surface area contributed by atoms with E-state index in [1.807, 2.05) is 24.3 Å². The second-order valence-corrected chi connectivity index (χ2v) is 6.84. The molecule has 1 saturated heterocycles. The molecule has 27 heavy (non-hydrogen) atoms. The number of benzene rings is 2. The standard InChI is InChI=1S/C20H22ClFN2O3/c1-26-16-5-2-14(3-6-16)19(24-8-10-27-11-9-24)13-23-20(25)17-7-4-15(22)12-18(17)21/h2-7,12,19H,8-11,13H2,1H3,(H,23,25)/p+1/t19-/m0/s1. The van der Waals surface area contributed by atoms with Gasteiger partial charge in [-0.2, -0.15) is 0 Å². The van der Waals surface area contributed by atoms with Crippen molar-refractivity contribution in [2.75, 3.05) is 40.0 Å². The van der Waals surface area contributed by atoms with E-state index in [0.29, 0.717) is 19.8 Å². The van der Waals surface area contributed by atoms with Gasteiger partial charge in [-0.1, -0.05) is 11.6 Å². The maximum Gasteiger partial charge on any atom is 0.253 e. The highest BCUT2D eigenvalue weighted by Gasteiger charge is 2.27. The van der Waals surface area contributed by atoms with Crippen LogP contribution in [-0.2, 0) is 4.74 Å². The molecular formula is C20H23ClFN2O3+. The van der Waals surface area contributed by atoms with Gasteiger partial charge in [-0.25, -0.2) is 4.39 Å². The Hall–Kier alpha value is -2.15. The van der Waals surface area contributed by atoms with E-state index in [1.165, 1.54) is 17.0 Å². The highest BCUT2D eigenvalue weighted by Crippen LogP contribution is 2.18. The summed E-state index contributed by atoms with van der Waals surface area (Å²) in [6, 6.07) is 11.7. The van der Waals surface area contributed by atoms with E-state index >= 15 is 0 Å². The van der Waals surface area contributed by atoms with E-state index in [9.17, 15) is 9.18 Å². The van der Waals surface area contributed by atoms with Crippen LogP contribution >= 0.6 is 11.6 Å². The van der Waals surface area contributed by atoms with Gasteiger partial charge in [-0.15, -0.1) is 0 Å². The zero-order valence-electron chi connectivity index (χ0n) is 15.1. The van der Waals surface area contributed by atoms with Gasteiger partial charge in [0.15, 0.2) is 0 Å². The van der Waals surface area contributed by atoms with Crippen LogP contribution in [-0.4, -0.2) is 45.9 Å². The minimum atomic E-state index is -0.467. The molecule has 1 aliphatic heterocycles. The lowest BCUT2D eigenvalue weighted by Crippen LogP contribution is -3.15. The predicted molar refractivity (Wildman–Crippen MR) is 101 cm³/mol. The Morgan fingerprint density at radius 3 is 2.59 bits per heavy atom. The number of hydrogen-bond acceptors (Lipinski definition) is 3. The smallest absolute Gasteiger partial charge is 0.253 e. The normalized spacial score (nSPS) is 16.0. The number of rotatable bonds is 6. The number of ether oxygens (including phenoxy) is 2. The number of amides is 1. The summed E-state index contributed by atoms with van der Waals surface area (Å²) in [4.78, 5) is 13.9. The molecule has 0 spiro atoms. The first-order valence-electron chi connectivity index (χ1n) is 8.88. The van der Waals surface area contributed by atoms with Gasteiger partial charge >= 0.3 is 0 Å². The Morgan fingerprint density at radius 1 is 1.26 bits per heavy atom. The first kappa shape index (κ1) is 19.6. The summed E-state index contributed by atoms with van der Waals surface area (Å²) in [6.07, 6.45) is 0. The molecule has 3 rings (SSSR count). The van der Waals surface area contributed by atoms with Crippen molar-refractivity contribution in [3.05, 3.63) is 64.4 Å². The number of nitrogens with one attached hydrogen (secondary N) is 2. The average molecular weight is 394 g/mol. The topological polar surface area (TPSA) is 52.0 Å². The Bertz CT molecular complexity index is 779. The fourth-order valence-electron chi connectivity index (χ4n) is 3.28. The van der Waals surface area contributed by atoms with E-state index in [0.717, 1.165) is 30.5 Å². The minimum absolute atomic E-state index is 0.0722. The van der Waals surface area contributed by atoms with E-state index in [2.05, 4.69) is 5.32 Å². The van der Waals surface area contributed by atoms with Crippen molar-refractivity contribution in [3.63, 3.8) is 0 Å². The van der Waals surface area contributed by atoms with Gasteiger partial charge in [0.1, 0.15) is 30.7 Å². The molecule has 0 saturated carbocycles. The van der Waals surface area contributed by atoms with Gasteiger partial charge in [0, 0.05) is 5.56 Å². The summed E-state index contributed by atoms with van der Waals surface area (Å²) in [5.41, 5.74) is 1.38. The highest BCUT2D eigenvalue weighted by atomic mass is 35.5. The molecule has 0 radical (unpaired) electrons. The van der Waals surface area contributed by atoms with Crippen LogP contribution in [0.3, 0.4) is 0 Å². The molecule has 5 nitrogen and oxygen atoms in total. The molecule has 1 fully saturated rings. The van der Waals surface area contributed by atoms with E-state index in [1.54, 1.807) is 7.11 Å². The predicted octanol–water partition coefficient (Wildman–Crippen LogP) is 1.87. The van der Waals surface area contributed by atoms with Crippen LogP contribution in [0, 0.1) is 5.82 Å². The SMILES string of the molecule is COc1ccc([C@H](CNC(=O)c2ccc(F)cc2Cl)[NH+]2CCOCC2)cc1. The molecule has 1 heterocycles. The summed E-state index contributed by atoms with van der Waals surface area (Å²) in [6.45, 7) is 3.56. The molecule has 0 bridgehead atoms. The van der Waals surface area contributed by atoms with Crippen LogP contribution in [0.15, 0.2) is 42.5 Å². The largest absolute Gasteiger partial charge is 0.497 e. The Labute approximate surface area is 163 Å². The lowest BCUT2D eigenvalue weighted by molar-refractivity contribution is -0.937. The monoisotopic (exact) mass is 393 g/mol. The average Bonchev–Trinajstić information content (AvgIpc) is 2.69. The Morgan fingerprint density at radius 2 is 1.96 bits per heavy atom. The quantitative estimate of drug-likeness (QED) is 0.788. The van der Waals surface area contributed by atoms with Crippen molar-refractivity contribution < 1.29 is 23.6 Å². The minimum Gasteiger partial charge on any atom is -0.497 e. The van der Waals surface area contributed by atoms with E-state index in [4.69, 9.17) is 21.1 Å². The molecule has 0 aromatic heterocycles. The van der Waals surface area contributed by atoms with E-state index in [-0.39, 0.29) is 22.5 Å². The summed E-state index contributed by atoms with van der Waals surface area (Å²) in [5, 5.41) is 3.05. The highest BCUT2D eigenvalue weighted by molar-refractivity contribution is 6.33. The van der Waals surface area contributed by atoms with E-state index < -0.39 is 5.82 Å². The molecule has 2 N–H and O–H groups in total.